The summed E-state index contributed by atoms with van der Waals surface area (Å²) in [4.78, 5) is 0. The van der Waals surface area contributed by atoms with Gasteiger partial charge in [-0.2, -0.15) is 0 Å². The van der Waals surface area contributed by atoms with Gasteiger partial charge in [0.25, 0.3) is 0 Å². The Hall–Kier alpha value is -1.51. The van der Waals surface area contributed by atoms with Gasteiger partial charge >= 0.3 is 0 Å². The highest BCUT2D eigenvalue weighted by molar-refractivity contribution is 5.97. The van der Waals surface area contributed by atoms with E-state index in [1.165, 1.54) is 19.3 Å². The van der Waals surface area contributed by atoms with Crippen LogP contribution in [0.25, 0.3) is 0 Å². The van der Waals surface area contributed by atoms with Crippen LogP contribution in [0.15, 0.2) is 18.2 Å². The zero-order valence-corrected chi connectivity index (χ0v) is 11.9. The van der Waals surface area contributed by atoms with Gasteiger partial charge in [0.1, 0.15) is 17.7 Å². The van der Waals surface area contributed by atoms with Gasteiger partial charge in [-0.25, -0.2) is 0 Å². The lowest BCUT2D eigenvalue weighted by molar-refractivity contribution is 0.0902. The van der Waals surface area contributed by atoms with Crippen molar-refractivity contribution in [2.24, 2.45) is 11.7 Å². The Labute approximate surface area is 115 Å². The van der Waals surface area contributed by atoms with Gasteiger partial charge in [0.2, 0.25) is 0 Å². The summed E-state index contributed by atoms with van der Waals surface area (Å²) in [5.74, 6) is 1.49. The van der Waals surface area contributed by atoms with Gasteiger partial charge in [-0.15, -0.1) is 0 Å². The highest BCUT2D eigenvalue weighted by Gasteiger charge is 2.26. The van der Waals surface area contributed by atoms with Gasteiger partial charge < -0.3 is 10.5 Å². The van der Waals surface area contributed by atoms with Crippen molar-refractivity contribution < 1.29 is 4.74 Å². The number of nitrogens with one attached hydrogen (secondary N) is 1. The van der Waals surface area contributed by atoms with Gasteiger partial charge in [0.05, 0.1) is 5.56 Å². The van der Waals surface area contributed by atoms with Crippen molar-refractivity contribution in [2.75, 3.05) is 0 Å². The molecule has 1 aromatic carbocycles. The summed E-state index contributed by atoms with van der Waals surface area (Å²) in [5.41, 5.74) is 7.49. The summed E-state index contributed by atoms with van der Waals surface area (Å²) < 4.78 is 6.19. The first-order valence-corrected chi connectivity index (χ1v) is 7.23. The summed E-state index contributed by atoms with van der Waals surface area (Å²) in [5, 5.41) is 7.68. The highest BCUT2D eigenvalue weighted by Crippen LogP contribution is 2.31. The van der Waals surface area contributed by atoms with Crippen molar-refractivity contribution >= 4 is 5.84 Å². The molecule has 1 aromatic rings. The molecule has 1 aliphatic carbocycles. The summed E-state index contributed by atoms with van der Waals surface area (Å²) >= 11 is 0. The molecule has 1 saturated carbocycles. The summed E-state index contributed by atoms with van der Waals surface area (Å²) in [6.45, 7) is 4.24. The Balaban J connectivity index is 2.20. The van der Waals surface area contributed by atoms with Crippen LogP contribution in [0, 0.1) is 18.3 Å². The molecule has 0 heterocycles. The minimum absolute atomic E-state index is 0.0857. The molecule has 1 aliphatic rings. The van der Waals surface area contributed by atoms with Gasteiger partial charge in [-0.3, -0.25) is 5.41 Å². The van der Waals surface area contributed by atoms with Crippen molar-refractivity contribution in [3.63, 3.8) is 0 Å². The number of rotatable bonds is 4. The van der Waals surface area contributed by atoms with Crippen LogP contribution >= 0.6 is 0 Å². The third kappa shape index (κ3) is 3.28. The topological polar surface area (TPSA) is 59.1 Å². The normalized spacial score (nSPS) is 23.1. The molecule has 2 atom stereocenters. The van der Waals surface area contributed by atoms with Crippen LogP contribution in [-0.4, -0.2) is 11.9 Å². The number of hydrogen-bond acceptors (Lipinski definition) is 2. The van der Waals surface area contributed by atoms with Crippen LogP contribution in [0.3, 0.4) is 0 Å². The molecule has 1 fully saturated rings. The predicted octanol–water partition coefficient (Wildman–Crippen LogP) is 3.63. The molecule has 0 aliphatic heterocycles. The van der Waals surface area contributed by atoms with Crippen molar-refractivity contribution in [2.45, 2.75) is 52.1 Å². The van der Waals surface area contributed by atoms with E-state index in [2.05, 4.69) is 6.92 Å². The average Bonchev–Trinajstić information content (AvgIpc) is 2.41. The molecule has 19 heavy (non-hydrogen) atoms. The Kier molecular flexibility index (Phi) is 4.46. The quantitative estimate of drug-likeness (QED) is 0.641. The molecule has 0 aromatic heterocycles. The lowest BCUT2D eigenvalue weighted by atomic mass is 9.84. The second kappa shape index (κ2) is 6.09. The second-order valence-electron chi connectivity index (χ2n) is 5.52. The lowest BCUT2D eigenvalue weighted by Gasteiger charge is -2.31. The molecule has 0 radical (unpaired) electrons. The number of nitrogens with two attached hydrogens (primary N) is 1. The molecular formula is C16H24N2O. The minimum atomic E-state index is 0.0857. The maximum absolute atomic E-state index is 7.68. The number of aryl methyl sites for hydroxylation is 1. The van der Waals surface area contributed by atoms with E-state index in [1.807, 2.05) is 25.1 Å². The fourth-order valence-corrected chi connectivity index (χ4v) is 2.92. The smallest absolute Gasteiger partial charge is 0.130 e. The van der Waals surface area contributed by atoms with Crippen molar-refractivity contribution in [1.82, 2.24) is 0 Å². The van der Waals surface area contributed by atoms with E-state index in [4.69, 9.17) is 15.9 Å². The molecule has 0 bridgehead atoms. The van der Waals surface area contributed by atoms with E-state index in [-0.39, 0.29) is 11.9 Å². The molecular weight excluding hydrogens is 236 g/mol. The third-order valence-corrected chi connectivity index (χ3v) is 4.07. The van der Waals surface area contributed by atoms with Gasteiger partial charge in [-0.1, -0.05) is 25.0 Å². The third-order valence-electron chi connectivity index (χ3n) is 4.07. The summed E-state index contributed by atoms with van der Waals surface area (Å²) in [6, 6.07) is 5.90. The fourth-order valence-electron chi connectivity index (χ4n) is 2.92. The average molecular weight is 260 g/mol. The number of amidine groups is 1. The van der Waals surface area contributed by atoms with Crippen molar-refractivity contribution in [3.8, 4) is 5.75 Å². The SMILES string of the molecule is CCC1CCCCC1Oc1ccc(C)cc1C(=N)N. The second-order valence-corrected chi connectivity index (χ2v) is 5.52. The summed E-state index contributed by atoms with van der Waals surface area (Å²) in [6.07, 6.45) is 6.35. The largest absolute Gasteiger partial charge is 0.489 e. The number of benzene rings is 1. The monoisotopic (exact) mass is 260 g/mol. The zero-order valence-electron chi connectivity index (χ0n) is 11.9. The van der Waals surface area contributed by atoms with Crippen molar-refractivity contribution in [1.29, 1.82) is 5.41 Å². The van der Waals surface area contributed by atoms with E-state index in [9.17, 15) is 0 Å². The Bertz CT molecular complexity index is 456. The first-order valence-electron chi connectivity index (χ1n) is 7.23. The number of ether oxygens (including phenoxy) is 1. The van der Waals surface area contributed by atoms with E-state index in [0.29, 0.717) is 5.92 Å². The molecule has 0 saturated heterocycles. The van der Waals surface area contributed by atoms with Gasteiger partial charge in [-0.05, 0) is 50.7 Å². The first-order chi connectivity index (χ1) is 9.11. The maximum Gasteiger partial charge on any atom is 0.130 e. The molecule has 3 nitrogen and oxygen atoms in total. The maximum atomic E-state index is 7.68. The van der Waals surface area contributed by atoms with Crippen LogP contribution in [0.4, 0.5) is 0 Å². The van der Waals surface area contributed by atoms with Crippen LogP contribution < -0.4 is 10.5 Å². The van der Waals surface area contributed by atoms with E-state index < -0.39 is 0 Å². The van der Waals surface area contributed by atoms with Gasteiger partial charge in [0, 0.05) is 0 Å². The predicted molar refractivity (Wildman–Crippen MR) is 78.9 cm³/mol. The molecule has 2 rings (SSSR count). The molecule has 0 spiro atoms. The van der Waals surface area contributed by atoms with E-state index in [0.717, 1.165) is 29.7 Å². The van der Waals surface area contributed by atoms with Crippen LogP contribution in [-0.2, 0) is 0 Å². The first kappa shape index (κ1) is 13.9. The summed E-state index contributed by atoms with van der Waals surface area (Å²) in [7, 11) is 0. The fraction of sp³-hybridized carbons (Fsp3) is 0.562. The minimum Gasteiger partial charge on any atom is -0.489 e. The number of hydrogen-bond donors (Lipinski definition) is 2. The van der Waals surface area contributed by atoms with Crippen LogP contribution in [0.5, 0.6) is 5.75 Å². The number of nitrogen functional groups attached to an aromatic ring is 1. The van der Waals surface area contributed by atoms with Crippen molar-refractivity contribution in [3.05, 3.63) is 29.3 Å². The molecule has 0 amide bonds. The molecule has 2 unspecified atom stereocenters. The van der Waals surface area contributed by atoms with Crippen LogP contribution in [0.2, 0.25) is 0 Å². The standard InChI is InChI=1S/C16H24N2O/c1-3-12-6-4-5-7-14(12)19-15-9-8-11(2)10-13(15)16(17)18/h8-10,12,14H,3-7H2,1-2H3,(H3,17,18). The highest BCUT2D eigenvalue weighted by atomic mass is 16.5. The van der Waals surface area contributed by atoms with Gasteiger partial charge in [0.15, 0.2) is 0 Å². The Morgan fingerprint density at radius 1 is 1.37 bits per heavy atom. The molecule has 104 valence electrons. The Morgan fingerprint density at radius 3 is 2.79 bits per heavy atom. The van der Waals surface area contributed by atoms with Crippen LogP contribution in [0.1, 0.15) is 50.2 Å². The Morgan fingerprint density at radius 2 is 2.11 bits per heavy atom. The molecule has 3 heteroatoms. The lowest BCUT2D eigenvalue weighted by Crippen LogP contribution is -2.30. The van der Waals surface area contributed by atoms with E-state index >= 15 is 0 Å². The van der Waals surface area contributed by atoms with E-state index in [1.54, 1.807) is 0 Å². The zero-order chi connectivity index (χ0) is 13.8. The molecule has 3 N–H and O–H groups in total.